The van der Waals surface area contributed by atoms with Crippen molar-refractivity contribution in [2.45, 2.75) is 6.61 Å². The smallest absolute Gasteiger partial charge is 0.320 e. The van der Waals surface area contributed by atoms with Gasteiger partial charge in [-0.3, -0.25) is 9.69 Å². The molecule has 5 heteroatoms. The van der Waals surface area contributed by atoms with Crippen LogP contribution < -0.4 is 5.32 Å². The van der Waals surface area contributed by atoms with Crippen molar-refractivity contribution in [2.75, 3.05) is 32.7 Å². The molecule has 1 aliphatic rings. The molecule has 1 aromatic carbocycles. The molecule has 1 N–H and O–H groups in total. The van der Waals surface area contributed by atoms with Gasteiger partial charge >= 0.3 is 5.97 Å². The van der Waals surface area contributed by atoms with Gasteiger partial charge in [0, 0.05) is 31.2 Å². The van der Waals surface area contributed by atoms with Crippen LogP contribution in [-0.2, 0) is 16.1 Å². The van der Waals surface area contributed by atoms with Gasteiger partial charge < -0.3 is 10.1 Å². The Kier molecular flexibility index (Phi) is 4.99. The first-order valence-corrected chi connectivity index (χ1v) is 6.45. The van der Waals surface area contributed by atoms with E-state index in [4.69, 9.17) is 16.3 Å². The van der Waals surface area contributed by atoms with Crippen LogP contribution in [0.15, 0.2) is 24.3 Å². The SMILES string of the molecule is O=C(CN1CCNCC1)OCc1cccc(Cl)c1. The van der Waals surface area contributed by atoms with Crippen LogP contribution in [0.5, 0.6) is 0 Å². The Bertz CT molecular complexity index is 406. The summed E-state index contributed by atoms with van der Waals surface area (Å²) in [7, 11) is 0. The van der Waals surface area contributed by atoms with Gasteiger partial charge in [0.15, 0.2) is 0 Å². The third-order valence-corrected chi connectivity index (χ3v) is 3.09. The number of hydrogen-bond acceptors (Lipinski definition) is 4. The second-order valence-electron chi connectivity index (χ2n) is 4.32. The molecular weight excluding hydrogens is 252 g/mol. The molecule has 0 radical (unpaired) electrons. The number of piperazine rings is 1. The molecule has 0 amide bonds. The number of nitrogens with zero attached hydrogens (tertiary/aromatic N) is 1. The van der Waals surface area contributed by atoms with E-state index in [1.165, 1.54) is 0 Å². The summed E-state index contributed by atoms with van der Waals surface area (Å²) < 4.78 is 5.23. The molecule has 1 saturated heterocycles. The topological polar surface area (TPSA) is 41.6 Å². The van der Waals surface area contributed by atoms with Crippen LogP contribution in [-0.4, -0.2) is 43.6 Å². The molecule has 1 aliphatic heterocycles. The molecule has 1 aromatic rings. The number of nitrogens with one attached hydrogen (secondary N) is 1. The van der Waals surface area contributed by atoms with Crippen LogP contribution in [0.3, 0.4) is 0 Å². The van der Waals surface area contributed by atoms with E-state index in [2.05, 4.69) is 10.2 Å². The third-order valence-electron chi connectivity index (χ3n) is 2.85. The zero-order chi connectivity index (χ0) is 12.8. The first-order valence-electron chi connectivity index (χ1n) is 6.07. The Morgan fingerprint density at radius 3 is 2.89 bits per heavy atom. The molecule has 0 bridgehead atoms. The van der Waals surface area contributed by atoms with Crippen LogP contribution in [0.25, 0.3) is 0 Å². The molecule has 18 heavy (non-hydrogen) atoms. The van der Waals surface area contributed by atoms with Gasteiger partial charge in [0.1, 0.15) is 6.61 Å². The number of ether oxygens (including phenoxy) is 1. The van der Waals surface area contributed by atoms with Crippen molar-refractivity contribution in [3.05, 3.63) is 34.9 Å². The van der Waals surface area contributed by atoms with E-state index in [1.54, 1.807) is 12.1 Å². The fourth-order valence-corrected chi connectivity index (χ4v) is 2.10. The molecule has 0 spiro atoms. The lowest BCUT2D eigenvalue weighted by atomic mass is 10.2. The molecule has 0 aromatic heterocycles. The van der Waals surface area contributed by atoms with Crippen molar-refractivity contribution < 1.29 is 9.53 Å². The molecule has 0 unspecified atom stereocenters. The van der Waals surface area contributed by atoms with Gasteiger partial charge in [0.2, 0.25) is 0 Å². The largest absolute Gasteiger partial charge is 0.460 e. The highest BCUT2D eigenvalue weighted by molar-refractivity contribution is 6.30. The molecule has 0 saturated carbocycles. The summed E-state index contributed by atoms with van der Waals surface area (Å²) in [5.74, 6) is -0.183. The fraction of sp³-hybridized carbons (Fsp3) is 0.462. The van der Waals surface area contributed by atoms with Gasteiger partial charge in [-0.15, -0.1) is 0 Å². The van der Waals surface area contributed by atoms with Crippen molar-refractivity contribution in [3.8, 4) is 0 Å². The number of esters is 1. The Morgan fingerprint density at radius 2 is 2.17 bits per heavy atom. The normalized spacial score (nSPS) is 16.5. The van der Waals surface area contributed by atoms with E-state index < -0.39 is 0 Å². The number of hydrogen-bond donors (Lipinski definition) is 1. The van der Waals surface area contributed by atoms with E-state index >= 15 is 0 Å². The van der Waals surface area contributed by atoms with Crippen molar-refractivity contribution in [1.29, 1.82) is 0 Å². The lowest BCUT2D eigenvalue weighted by Gasteiger charge is -2.25. The van der Waals surface area contributed by atoms with Crippen molar-refractivity contribution in [3.63, 3.8) is 0 Å². The van der Waals surface area contributed by atoms with Crippen molar-refractivity contribution in [1.82, 2.24) is 10.2 Å². The minimum atomic E-state index is -0.183. The zero-order valence-corrected chi connectivity index (χ0v) is 10.9. The maximum Gasteiger partial charge on any atom is 0.320 e. The average Bonchev–Trinajstić information content (AvgIpc) is 2.38. The van der Waals surface area contributed by atoms with Gasteiger partial charge in [-0.2, -0.15) is 0 Å². The summed E-state index contributed by atoms with van der Waals surface area (Å²) in [5, 5.41) is 3.90. The van der Waals surface area contributed by atoms with E-state index in [1.807, 2.05) is 12.1 Å². The Labute approximate surface area is 112 Å². The Hall–Kier alpha value is -1.10. The molecule has 1 heterocycles. The van der Waals surface area contributed by atoms with Gasteiger partial charge in [-0.25, -0.2) is 0 Å². The second kappa shape index (κ2) is 6.73. The predicted molar refractivity (Wildman–Crippen MR) is 70.6 cm³/mol. The van der Waals surface area contributed by atoms with Crippen LogP contribution in [0.1, 0.15) is 5.56 Å². The van der Waals surface area contributed by atoms with Crippen LogP contribution in [0, 0.1) is 0 Å². The third kappa shape index (κ3) is 4.29. The Morgan fingerprint density at radius 1 is 1.39 bits per heavy atom. The fourth-order valence-electron chi connectivity index (χ4n) is 1.89. The highest BCUT2D eigenvalue weighted by Gasteiger charge is 2.14. The summed E-state index contributed by atoms with van der Waals surface area (Å²) >= 11 is 5.86. The summed E-state index contributed by atoms with van der Waals surface area (Å²) in [5.41, 5.74) is 0.913. The van der Waals surface area contributed by atoms with Crippen molar-refractivity contribution in [2.24, 2.45) is 0 Å². The molecule has 98 valence electrons. The average molecular weight is 269 g/mol. The van der Waals surface area contributed by atoms with Gasteiger partial charge in [0.25, 0.3) is 0 Å². The maximum absolute atomic E-state index is 11.7. The summed E-state index contributed by atoms with van der Waals surface area (Å²) in [6, 6.07) is 7.35. The molecular formula is C13H17ClN2O2. The predicted octanol–water partition coefficient (Wildman–Crippen LogP) is 1.29. The van der Waals surface area contributed by atoms with Gasteiger partial charge in [-0.05, 0) is 17.7 Å². The Balaban J connectivity index is 1.74. The van der Waals surface area contributed by atoms with Crippen molar-refractivity contribution >= 4 is 17.6 Å². The van der Waals surface area contributed by atoms with Crippen LogP contribution in [0.4, 0.5) is 0 Å². The zero-order valence-electron chi connectivity index (χ0n) is 10.2. The highest BCUT2D eigenvalue weighted by atomic mass is 35.5. The number of rotatable bonds is 4. The monoisotopic (exact) mass is 268 g/mol. The summed E-state index contributed by atoms with van der Waals surface area (Å²) in [4.78, 5) is 13.7. The molecule has 0 atom stereocenters. The lowest BCUT2D eigenvalue weighted by Crippen LogP contribution is -2.45. The first-order chi connectivity index (χ1) is 8.74. The first kappa shape index (κ1) is 13.3. The molecule has 0 aliphatic carbocycles. The van der Waals surface area contributed by atoms with E-state index in [-0.39, 0.29) is 12.6 Å². The van der Waals surface area contributed by atoms with Gasteiger partial charge in [0.05, 0.1) is 6.54 Å². The molecule has 2 rings (SSSR count). The van der Waals surface area contributed by atoms with E-state index in [9.17, 15) is 4.79 Å². The number of carbonyl (C=O) groups is 1. The highest BCUT2D eigenvalue weighted by Crippen LogP contribution is 2.11. The number of carbonyl (C=O) groups excluding carboxylic acids is 1. The summed E-state index contributed by atoms with van der Waals surface area (Å²) in [6.45, 7) is 4.30. The van der Waals surface area contributed by atoms with Crippen LogP contribution >= 0.6 is 11.6 Å². The lowest BCUT2D eigenvalue weighted by molar-refractivity contribution is -0.146. The van der Waals surface area contributed by atoms with Crippen LogP contribution in [0.2, 0.25) is 5.02 Å². The molecule has 1 fully saturated rings. The number of benzene rings is 1. The quantitative estimate of drug-likeness (QED) is 0.836. The number of halogens is 1. The van der Waals surface area contributed by atoms with E-state index in [0.29, 0.717) is 11.6 Å². The second-order valence-corrected chi connectivity index (χ2v) is 4.75. The molecule has 4 nitrogen and oxygen atoms in total. The summed E-state index contributed by atoms with van der Waals surface area (Å²) in [6.07, 6.45) is 0. The minimum Gasteiger partial charge on any atom is -0.460 e. The van der Waals surface area contributed by atoms with Gasteiger partial charge in [-0.1, -0.05) is 23.7 Å². The maximum atomic E-state index is 11.7. The minimum absolute atomic E-state index is 0.183. The standard InChI is InChI=1S/C13H17ClN2O2/c14-12-3-1-2-11(8-12)10-18-13(17)9-16-6-4-15-5-7-16/h1-3,8,15H,4-7,9-10H2. The van der Waals surface area contributed by atoms with E-state index in [0.717, 1.165) is 31.7 Å².